The number of rotatable bonds is 7. The van der Waals surface area contributed by atoms with Crippen LogP contribution >= 0.6 is 11.8 Å². The van der Waals surface area contributed by atoms with Crippen LogP contribution in [0.3, 0.4) is 0 Å². The van der Waals surface area contributed by atoms with Crippen molar-refractivity contribution in [3.05, 3.63) is 0 Å². The fraction of sp³-hybridized carbons (Fsp3) is 1.00. The lowest BCUT2D eigenvalue weighted by Gasteiger charge is -2.19. The fourth-order valence-electron chi connectivity index (χ4n) is 0.707. The normalized spacial score (nSPS) is 12.0. The number of nitrogens with two attached hydrogens (primary N) is 1. The predicted molar refractivity (Wildman–Crippen MR) is 60.3 cm³/mol. The second kappa shape index (κ2) is 6.94. The second-order valence-electron chi connectivity index (χ2n) is 3.47. The van der Waals surface area contributed by atoms with Crippen molar-refractivity contribution in [1.82, 2.24) is 0 Å². The van der Waals surface area contributed by atoms with Gasteiger partial charge in [0.25, 0.3) is 0 Å². The molecule has 0 aromatic rings. The van der Waals surface area contributed by atoms with Crippen LogP contribution in [-0.4, -0.2) is 33.5 Å². The molecule has 2 nitrogen and oxygen atoms in total. The van der Waals surface area contributed by atoms with E-state index < -0.39 is 8.32 Å². The van der Waals surface area contributed by atoms with Crippen molar-refractivity contribution < 1.29 is 4.43 Å². The van der Waals surface area contributed by atoms with Gasteiger partial charge in [-0.25, -0.2) is 0 Å². The van der Waals surface area contributed by atoms with Gasteiger partial charge in [-0.05, 0) is 43.6 Å². The van der Waals surface area contributed by atoms with Gasteiger partial charge >= 0.3 is 0 Å². The highest BCUT2D eigenvalue weighted by Gasteiger charge is 2.19. The first-order chi connectivity index (χ1) is 5.62. The summed E-state index contributed by atoms with van der Waals surface area (Å²) in [6.07, 6.45) is 1.14. The third-order valence-electron chi connectivity index (χ3n) is 1.89. The molecule has 0 spiro atoms. The fourth-order valence-corrected chi connectivity index (χ4v) is 4.03. The molecule has 0 saturated heterocycles. The molecule has 0 aromatic heterocycles. The zero-order valence-electron chi connectivity index (χ0n) is 8.43. The molecule has 0 aliphatic carbocycles. The average molecular weight is 207 g/mol. The first kappa shape index (κ1) is 12.5. The van der Waals surface area contributed by atoms with Crippen LogP contribution in [-0.2, 0) is 4.43 Å². The number of hydrogen-bond acceptors (Lipinski definition) is 3. The minimum atomic E-state index is -1.29. The smallest absolute Gasteiger partial charge is 0.187 e. The van der Waals surface area contributed by atoms with E-state index >= 15 is 0 Å². The first-order valence-corrected chi connectivity index (χ1v) is 8.72. The summed E-state index contributed by atoms with van der Waals surface area (Å²) in [4.78, 5) is 0. The van der Waals surface area contributed by atoms with Gasteiger partial charge in [0, 0.05) is 7.11 Å². The van der Waals surface area contributed by atoms with E-state index in [9.17, 15) is 0 Å². The topological polar surface area (TPSA) is 35.2 Å². The van der Waals surface area contributed by atoms with Gasteiger partial charge < -0.3 is 10.2 Å². The van der Waals surface area contributed by atoms with Crippen molar-refractivity contribution in [3.63, 3.8) is 0 Å². The standard InChI is InChI=1S/C8H21NOSSi/c1-10-12(2,3)8-7-11-6-4-5-9/h4-9H2,1-3H3. The summed E-state index contributed by atoms with van der Waals surface area (Å²) in [6, 6.07) is 1.25. The molecule has 12 heavy (non-hydrogen) atoms. The van der Waals surface area contributed by atoms with Gasteiger partial charge in [0.05, 0.1) is 0 Å². The molecule has 0 fully saturated rings. The van der Waals surface area contributed by atoms with Gasteiger partial charge in [-0.3, -0.25) is 0 Å². The molecule has 0 unspecified atom stereocenters. The Morgan fingerprint density at radius 1 is 1.33 bits per heavy atom. The summed E-state index contributed by atoms with van der Waals surface area (Å²) in [5.41, 5.74) is 5.39. The van der Waals surface area contributed by atoms with Crippen LogP contribution < -0.4 is 5.73 Å². The van der Waals surface area contributed by atoms with Crippen LogP contribution in [0, 0.1) is 0 Å². The van der Waals surface area contributed by atoms with Crippen LogP contribution in [0.4, 0.5) is 0 Å². The largest absolute Gasteiger partial charge is 0.420 e. The lowest BCUT2D eigenvalue weighted by Crippen LogP contribution is -2.28. The van der Waals surface area contributed by atoms with Crippen LogP contribution in [0.1, 0.15) is 6.42 Å². The summed E-state index contributed by atoms with van der Waals surface area (Å²) in [7, 11) is 0.541. The molecule has 0 aliphatic heterocycles. The van der Waals surface area contributed by atoms with E-state index in [1.165, 1.54) is 17.5 Å². The highest BCUT2D eigenvalue weighted by Crippen LogP contribution is 2.14. The molecular weight excluding hydrogens is 186 g/mol. The zero-order valence-corrected chi connectivity index (χ0v) is 10.2. The van der Waals surface area contributed by atoms with Gasteiger partial charge in [0.2, 0.25) is 0 Å². The Bertz CT molecular complexity index is 111. The predicted octanol–water partition coefficient (Wildman–Crippen LogP) is 1.92. The van der Waals surface area contributed by atoms with Gasteiger partial charge in [-0.1, -0.05) is 0 Å². The highest BCUT2D eigenvalue weighted by molar-refractivity contribution is 7.99. The van der Waals surface area contributed by atoms with Crippen molar-refractivity contribution in [1.29, 1.82) is 0 Å². The monoisotopic (exact) mass is 207 g/mol. The first-order valence-electron chi connectivity index (χ1n) is 4.45. The Morgan fingerprint density at radius 2 is 2.00 bits per heavy atom. The molecular formula is C8H21NOSSi. The second-order valence-corrected chi connectivity index (χ2v) is 9.12. The Morgan fingerprint density at radius 3 is 2.50 bits per heavy atom. The molecule has 0 heterocycles. The third-order valence-corrected chi connectivity index (χ3v) is 5.89. The van der Waals surface area contributed by atoms with Crippen molar-refractivity contribution in [2.24, 2.45) is 5.73 Å². The Balaban J connectivity index is 3.19. The number of hydrogen-bond donors (Lipinski definition) is 1. The highest BCUT2D eigenvalue weighted by atomic mass is 32.2. The Kier molecular flexibility index (Phi) is 7.23. The van der Waals surface area contributed by atoms with Crippen molar-refractivity contribution in [2.45, 2.75) is 25.6 Å². The maximum Gasteiger partial charge on any atom is 0.187 e. The molecule has 0 radical (unpaired) electrons. The van der Waals surface area contributed by atoms with E-state index in [4.69, 9.17) is 10.2 Å². The van der Waals surface area contributed by atoms with Gasteiger partial charge in [0.15, 0.2) is 8.32 Å². The summed E-state index contributed by atoms with van der Waals surface area (Å²) in [5.74, 6) is 2.43. The van der Waals surface area contributed by atoms with Gasteiger partial charge in [-0.2, -0.15) is 11.8 Å². The Labute approximate surface area is 81.4 Å². The van der Waals surface area contributed by atoms with E-state index in [1.54, 1.807) is 0 Å². The van der Waals surface area contributed by atoms with E-state index in [2.05, 4.69) is 13.1 Å². The molecule has 0 aromatic carbocycles. The molecule has 4 heteroatoms. The van der Waals surface area contributed by atoms with Crippen LogP contribution in [0.2, 0.25) is 19.1 Å². The molecule has 0 bridgehead atoms. The minimum absolute atomic E-state index is 0.818. The van der Waals surface area contributed by atoms with Crippen molar-refractivity contribution >= 4 is 20.1 Å². The average Bonchev–Trinajstić information content (AvgIpc) is 2.04. The lowest BCUT2D eigenvalue weighted by molar-refractivity contribution is 0.405. The Hall–Kier alpha value is 0.487. The van der Waals surface area contributed by atoms with Gasteiger partial charge in [-0.15, -0.1) is 0 Å². The van der Waals surface area contributed by atoms with Crippen LogP contribution in [0.5, 0.6) is 0 Å². The molecule has 0 aliphatic rings. The summed E-state index contributed by atoms with van der Waals surface area (Å²) >= 11 is 1.99. The summed E-state index contributed by atoms with van der Waals surface area (Å²) in [5, 5.41) is 0. The molecule has 74 valence electrons. The van der Waals surface area contributed by atoms with Crippen molar-refractivity contribution in [3.8, 4) is 0 Å². The maximum atomic E-state index is 5.45. The zero-order chi connectivity index (χ0) is 9.45. The van der Waals surface area contributed by atoms with Crippen molar-refractivity contribution in [2.75, 3.05) is 25.2 Å². The SMILES string of the molecule is CO[Si](C)(C)CCSCCCN. The minimum Gasteiger partial charge on any atom is -0.420 e. The van der Waals surface area contributed by atoms with Gasteiger partial charge in [0.1, 0.15) is 0 Å². The van der Waals surface area contributed by atoms with E-state index in [0.717, 1.165) is 13.0 Å². The maximum absolute atomic E-state index is 5.45. The third kappa shape index (κ3) is 7.15. The lowest BCUT2D eigenvalue weighted by atomic mass is 10.5. The molecule has 2 N–H and O–H groups in total. The summed E-state index contributed by atoms with van der Waals surface area (Å²) in [6.45, 7) is 5.34. The molecule has 0 saturated carbocycles. The quantitative estimate of drug-likeness (QED) is 0.512. The number of thioether (sulfide) groups is 1. The van der Waals surface area contributed by atoms with E-state index in [0.29, 0.717) is 0 Å². The van der Waals surface area contributed by atoms with E-state index in [-0.39, 0.29) is 0 Å². The van der Waals surface area contributed by atoms with Crippen LogP contribution in [0.25, 0.3) is 0 Å². The summed E-state index contributed by atoms with van der Waals surface area (Å²) < 4.78 is 5.45. The molecule has 0 atom stereocenters. The molecule has 0 rings (SSSR count). The van der Waals surface area contributed by atoms with Crippen LogP contribution in [0.15, 0.2) is 0 Å². The van der Waals surface area contributed by atoms with E-state index in [1.807, 2.05) is 18.9 Å². The molecule has 0 amide bonds.